The van der Waals surface area contributed by atoms with E-state index < -0.39 is 0 Å². The van der Waals surface area contributed by atoms with Crippen LogP contribution in [0, 0.1) is 17.8 Å². The zero-order chi connectivity index (χ0) is 24.3. The normalized spacial score (nSPS) is 33.0. The fraction of sp³-hybridized carbons (Fsp3) is 0.467. The standard InChI is InChI=1S/C30H29Cl2N3O/c31-19-5-8-25(24(32)12-19)34-27-23-7-6-22(20-3-1-2-4-21(20)23)26(27)28(29(33)36)35(34)30-13-16-9-17(14-30)11-18(10-16)15-30/h1-5,8,12,16-18,22-23H,6-7,9-11,13-15H2,(H-,33,36)/p+1. The number of rotatable bonds is 3. The molecule has 0 aliphatic heterocycles. The minimum atomic E-state index is -0.309. The summed E-state index contributed by atoms with van der Waals surface area (Å²) >= 11 is 13.3. The molecule has 2 unspecified atom stereocenters. The van der Waals surface area contributed by atoms with Gasteiger partial charge in [0.05, 0.1) is 10.6 Å². The van der Waals surface area contributed by atoms with E-state index in [9.17, 15) is 4.79 Å². The number of amides is 1. The SMILES string of the molecule is NC(=O)c1c2c(n(-c3ccc(Cl)cc3Cl)[n+]1C13CC4CC(CC(C4)C1)C3)C1CCC2c2ccccc21. The Kier molecular flexibility index (Phi) is 4.46. The van der Waals surface area contributed by atoms with Crippen molar-refractivity contribution in [3.05, 3.63) is 80.6 Å². The van der Waals surface area contributed by atoms with Crippen molar-refractivity contribution in [3.63, 3.8) is 0 Å². The van der Waals surface area contributed by atoms with E-state index in [-0.39, 0.29) is 23.3 Å². The molecule has 7 aliphatic rings. The average molecular weight is 519 g/mol. The molecule has 0 radical (unpaired) electrons. The second-order valence-electron chi connectivity index (χ2n) is 12.2. The molecule has 10 rings (SSSR count). The van der Waals surface area contributed by atoms with Crippen molar-refractivity contribution >= 4 is 29.1 Å². The lowest BCUT2D eigenvalue weighted by molar-refractivity contribution is -0.838. The number of carbonyl (C=O) groups excluding carboxylic acids is 1. The number of aromatic nitrogens is 2. The number of nitrogens with zero attached hydrogens (tertiary/aromatic N) is 2. The predicted molar refractivity (Wildman–Crippen MR) is 140 cm³/mol. The van der Waals surface area contributed by atoms with Crippen LogP contribution >= 0.6 is 23.2 Å². The van der Waals surface area contributed by atoms with E-state index in [0.29, 0.717) is 10.0 Å². The highest BCUT2D eigenvalue weighted by molar-refractivity contribution is 6.35. The van der Waals surface area contributed by atoms with Gasteiger partial charge in [-0.05, 0) is 79.2 Å². The second kappa shape index (κ2) is 7.39. The van der Waals surface area contributed by atoms with Crippen molar-refractivity contribution in [2.45, 2.75) is 68.7 Å². The van der Waals surface area contributed by atoms with Crippen molar-refractivity contribution in [1.29, 1.82) is 0 Å². The van der Waals surface area contributed by atoms with Gasteiger partial charge in [-0.25, -0.2) is 0 Å². The Morgan fingerprint density at radius 3 is 2.14 bits per heavy atom. The highest BCUT2D eigenvalue weighted by Gasteiger charge is 2.62. The van der Waals surface area contributed by atoms with Crippen molar-refractivity contribution in [1.82, 2.24) is 4.68 Å². The fourth-order valence-corrected chi connectivity index (χ4v) is 10.00. The molecule has 2 N–H and O–H groups in total. The Morgan fingerprint density at radius 1 is 0.917 bits per heavy atom. The molecular weight excluding hydrogens is 489 g/mol. The van der Waals surface area contributed by atoms with E-state index in [4.69, 9.17) is 28.9 Å². The smallest absolute Gasteiger partial charge is 0.316 e. The van der Waals surface area contributed by atoms with E-state index in [2.05, 4.69) is 33.6 Å². The molecule has 184 valence electrons. The maximum absolute atomic E-state index is 13.5. The van der Waals surface area contributed by atoms with E-state index in [1.807, 2.05) is 18.2 Å². The Balaban J connectivity index is 1.48. The topological polar surface area (TPSA) is 51.9 Å². The molecule has 4 saturated carbocycles. The first-order valence-corrected chi connectivity index (χ1v) is 14.2. The predicted octanol–water partition coefficient (Wildman–Crippen LogP) is 6.47. The summed E-state index contributed by atoms with van der Waals surface area (Å²) in [6, 6.07) is 14.6. The van der Waals surface area contributed by atoms with E-state index in [0.717, 1.165) is 66.8 Å². The van der Waals surface area contributed by atoms with Crippen molar-refractivity contribution in [3.8, 4) is 5.69 Å². The van der Waals surface area contributed by atoms with Crippen LogP contribution in [0.3, 0.4) is 0 Å². The molecular formula is C30H30Cl2N3O+. The third-order valence-corrected chi connectivity index (χ3v) is 10.7. The zero-order valence-electron chi connectivity index (χ0n) is 20.2. The van der Waals surface area contributed by atoms with Crippen LogP contribution in [0.15, 0.2) is 42.5 Å². The maximum atomic E-state index is 13.5. The number of benzene rings is 2. The molecule has 0 spiro atoms. The summed E-state index contributed by atoms with van der Waals surface area (Å²) in [5, 5.41) is 1.23. The Morgan fingerprint density at radius 2 is 1.53 bits per heavy atom. The molecule has 3 aromatic rings. The van der Waals surface area contributed by atoms with Crippen LogP contribution in [0.4, 0.5) is 0 Å². The molecule has 1 amide bonds. The van der Waals surface area contributed by atoms with Gasteiger partial charge in [-0.2, -0.15) is 0 Å². The van der Waals surface area contributed by atoms with Gasteiger partial charge in [-0.15, -0.1) is 4.68 Å². The third-order valence-electron chi connectivity index (χ3n) is 10.2. The first-order chi connectivity index (χ1) is 17.4. The molecule has 0 saturated heterocycles. The lowest BCUT2D eigenvalue weighted by atomic mass is 9.53. The minimum absolute atomic E-state index is 0.0922. The maximum Gasteiger partial charge on any atom is 0.316 e. The number of hydrogen-bond donors (Lipinski definition) is 1. The molecule has 4 nitrogen and oxygen atoms in total. The summed E-state index contributed by atoms with van der Waals surface area (Å²) in [6.45, 7) is 0. The van der Waals surface area contributed by atoms with Crippen molar-refractivity contribution in [2.75, 3.05) is 0 Å². The number of halogens is 2. The van der Waals surface area contributed by atoms with Gasteiger partial charge in [-0.3, -0.25) is 4.79 Å². The number of carbonyl (C=O) groups is 1. The lowest BCUT2D eigenvalue weighted by Gasteiger charge is -2.52. The highest BCUT2D eigenvalue weighted by Crippen LogP contribution is 2.59. The Hall–Kier alpha value is -2.30. The minimum Gasteiger partial charge on any atom is -0.360 e. The van der Waals surface area contributed by atoms with Gasteiger partial charge in [0.15, 0.2) is 5.54 Å². The summed E-state index contributed by atoms with van der Waals surface area (Å²) in [6.07, 6.45) is 9.51. The summed E-state index contributed by atoms with van der Waals surface area (Å²) in [5.41, 5.74) is 13.0. The van der Waals surface area contributed by atoms with Gasteiger partial charge in [-0.1, -0.05) is 52.1 Å². The second-order valence-corrected chi connectivity index (χ2v) is 13.0. The fourth-order valence-electron chi connectivity index (χ4n) is 9.51. The quantitative estimate of drug-likeness (QED) is 0.397. The Bertz CT molecular complexity index is 1420. The highest BCUT2D eigenvalue weighted by atomic mass is 35.5. The molecule has 36 heavy (non-hydrogen) atoms. The number of nitrogens with two attached hydrogens (primary N) is 1. The van der Waals surface area contributed by atoms with Crippen LogP contribution < -0.4 is 10.4 Å². The van der Waals surface area contributed by atoms with Gasteiger partial charge in [0.2, 0.25) is 0 Å². The van der Waals surface area contributed by atoms with Crippen molar-refractivity contribution in [2.24, 2.45) is 23.5 Å². The molecule has 2 atom stereocenters. The summed E-state index contributed by atoms with van der Waals surface area (Å²) in [7, 11) is 0. The van der Waals surface area contributed by atoms with E-state index >= 15 is 0 Å². The summed E-state index contributed by atoms with van der Waals surface area (Å²) in [4.78, 5) is 13.5. The lowest BCUT2D eigenvalue weighted by Crippen LogP contribution is -2.70. The van der Waals surface area contributed by atoms with E-state index in [1.165, 1.54) is 36.1 Å². The molecule has 2 aromatic carbocycles. The molecule has 1 heterocycles. The average Bonchev–Trinajstić information content (AvgIpc) is 3.22. The zero-order valence-corrected chi connectivity index (χ0v) is 21.7. The summed E-state index contributed by atoms with van der Waals surface area (Å²) < 4.78 is 4.73. The Labute approximate surface area is 221 Å². The van der Waals surface area contributed by atoms with Gasteiger partial charge in [0.25, 0.3) is 5.69 Å². The van der Waals surface area contributed by atoms with Crippen LogP contribution in [0.5, 0.6) is 0 Å². The largest absolute Gasteiger partial charge is 0.360 e. The number of fused-ring (bicyclic) bond motifs is 1. The third kappa shape index (κ3) is 2.78. The summed E-state index contributed by atoms with van der Waals surface area (Å²) in [5.74, 6) is 2.31. The van der Waals surface area contributed by atoms with Crippen LogP contribution in [0.2, 0.25) is 10.0 Å². The van der Waals surface area contributed by atoms with Gasteiger partial charge >= 0.3 is 5.91 Å². The van der Waals surface area contributed by atoms with Crippen LogP contribution in [-0.2, 0) is 5.54 Å². The van der Waals surface area contributed by atoms with Gasteiger partial charge < -0.3 is 5.73 Å². The van der Waals surface area contributed by atoms with Crippen LogP contribution in [0.1, 0.15) is 96.1 Å². The molecule has 7 aliphatic carbocycles. The monoisotopic (exact) mass is 518 g/mol. The molecule has 6 bridgehead atoms. The first-order valence-electron chi connectivity index (χ1n) is 13.5. The first kappa shape index (κ1) is 21.8. The van der Waals surface area contributed by atoms with Crippen LogP contribution in [0.25, 0.3) is 5.69 Å². The van der Waals surface area contributed by atoms with Gasteiger partial charge in [0, 0.05) is 36.1 Å². The van der Waals surface area contributed by atoms with Crippen molar-refractivity contribution < 1.29 is 9.48 Å². The molecule has 1 aromatic heterocycles. The van der Waals surface area contributed by atoms with E-state index in [1.54, 1.807) is 0 Å². The molecule has 6 heteroatoms. The van der Waals surface area contributed by atoms with Gasteiger partial charge in [0.1, 0.15) is 11.4 Å². The number of primary amides is 1. The van der Waals surface area contributed by atoms with Crippen LogP contribution in [-0.4, -0.2) is 10.6 Å². The molecule has 4 fully saturated rings. The number of hydrogen-bond acceptors (Lipinski definition) is 1.